The zero-order chi connectivity index (χ0) is 21.2. The number of hydrogen-bond donors (Lipinski definition) is 1. The van der Waals surface area contributed by atoms with Crippen LogP contribution in [0.2, 0.25) is 0 Å². The van der Waals surface area contributed by atoms with Gasteiger partial charge in [-0.1, -0.05) is 6.58 Å². The highest BCUT2D eigenvalue weighted by atomic mass is 16.5. The van der Waals surface area contributed by atoms with Gasteiger partial charge in [0.25, 0.3) is 0 Å². The van der Waals surface area contributed by atoms with Crippen molar-refractivity contribution in [3.63, 3.8) is 0 Å². The Kier molecular flexibility index (Phi) is 4.04. The van der Waals surface area contributed by atoms with Crippen LogP contribution in [-0.2, 0) is 11.8 Å². The monoisotopic (exact) mass is 408 g/mol. The molecule has 1 saturated carbocycles. The molecule has 0 saturated heterocycles. The summed E-state index contributed by atoms with van der Waals surface area (Å²) in [6.45, 7) is 6.30. The van der Waals surface area contributed by atoms with Gasteiger partial charge in [0.2, 0.25) is 0 Å². The summed E-state index contributed by atoms with van der Waals surface area (Å²) >= 11 is 0. The van der Waals surface area contributed by atoms with Crippen molar-refractivity contribution < 1.29 is 28.8 Å². The third-order valence-corrected chi connectivity index (χ3v) is 6.61. The van der Waals surface area contributed by atoms with E-state index < -0.39 is 5.41 Å². The van der Waals surface area contributed by atoms with E-state index >= 15 is 0 Å². The third kappa shape index (κ3) is 2.46. The Labute approximate surface area is 175 Å². The molecule has 6 nitrogen and oxygen atoms in total. The number of hydrogen-bond acceptors (Lipinski definition) is 6. The molecule has 6 heteroatoms. The summed E-state index contributed by atoms with van der Waals surface area (Å²) in [5.41, 5.74) is 1.95. The van der Waals surface area contributed by atoms with E-state index in [4.69, 9.17) is 18.9 Å². The number of ether oxygens (including phenoxy) is 4. The van der Waals surface area contributed by atoms with E-state index in [1.807, 2.05) is 13.0 Å². The van der Waals surface area contributed by atoms with Crippen molar-refractivity contribution in [2.45, 2.75) is 31.3 Å². The molecule has 0 aromatic heterocycles. The zero-order valence-corrected chi connectivity index (χ0v) is 17.3. The Morgan fingerprint density at radius 2 is 1.93 bits per heavy atom. The number of phenolic OH excluding ortho intramolecular Hbond substituents is 1. The largest absolute Gasteiger partial charge is 0.507 e. The quantitative estimate of drug-likeness (QED) is 0.599. The molecule has 0 spiro atoms. The number of ketones is 1. The number of carbonyl (C=O) groups excluding carboxylic acids is 1. The Morgan fingerprint density at radius 1 is 1.20 bits per heavy atom. The van der Waals surface area contributed by atoms with E-state index in [0.29, 0.717) is 53.6 Å². The number of methoxy groups -OCH3 is 2. The molecule has 2 heterocycles. The zero-order valence-electron chi connectivity index (χ0n) is 17.3. The molecule has 0 amide bonds. The first-order valence-corrected chi connectivity index (χ1v) is 10.0. The Balaban J connectivity index is 1.57. The summed E-state index contributed by atoms with van der Waals surface area (Å²) < 4.78 is 22.6. The molecule has 30 heavy (non-hydrogen) atoms. The second kappa shape index (κ2) is 6.42. The summed E-state index contributed by atoms with van der Waals surface area (Å²) in [6.07, 6.45) is 1.01. The van der Waals surface area contributed by atoms with E-state index in [1.54, 1.807) is 32.4 Å². The Hall–Kier alpha value is -3.15. The van der Waals surface area contributed by atoms with Crippen LogP contribution in [0.25, 0.3) is 0 Å². The molecule has 156 valence electrons. The van der Waals surface area contributed by atoms with Gasteiger partial charge in [-0.2, -0.15) is 0 Å². The minimum absolute atomic E-state index is 0.00907. The van der Waals surface area contributed by atoms with Crippen molar-refractivity contribution in [1.29, 1.82) is 0 Å². The predicted molar refractivity (Wildman–Crippen MR) is 110 cm³/mol. The van der Waals surface area contributed by atoms with Crippen molar-refractivity contribution in [3.8, 4) is 28.7 Å². The predicted octanol–water partition coefficient (Wildman–Crippen LogP) is 3.82. The van der Waals surface area contributed by atoms with Crippen LogP contribution in [0, 0.1) is 5.92 Å². The maximum Gasteiger partial charge on any atom is 0.177 e. The lowest BCUT2D eigenvalue weighted by Crippen LogP contribution is -2.29. The fraction of sp³-hybridized carbons (Fsp3) is 0.375. The minimum atomic E-state index is -0.716. The van der Waals surface area contributed by atoms with Crippen LogP contribution in [0.1, 0.15) is 34.8 Å². The van der Waals surface area contributed by atoms with Gasteiger partial charge in [0, 0.05) is 29.5 Å². The molecule has 0 bridgehead atoms. The number of fused-ring (bicyclic) bond motifs is 4. The van der Waals surface area contributed by atoms with Crippen molar-refractivity contribution in [3.05, 3.63) is 53.1 Å². The van der Waals surface area contributed by atoms with Crippen LogP contribution in [0.5, 0.6) is 28.7 Å². The van der Waals surface area contributed by atoms with Gasteiger partial charge >= 0.3 is 0 Å². The van der Waals surface area contributed by atoms with Gasteiger partial charge in [-0.25, -0.2) is 0 Å². The van der Waals surface area contributed by atoms with Crippen molar-refractivity contribution >= 4 is 5.78 Å². The van der Waals surface area contributed by atoms with Gasteiger partial charge in [0.15, 0.2) is 17.3 Å². The van der Waals surface area contributed by atoms with Crippen molar-refractivity contribution in [2.75, 3.05) is 20.8 Å². The molecule has 5 rings (SSSR count). The van der Waals surface area contributed by atoms with E-state index in [1.165, 1.54) is 0 Å². The lowest BCUT2D eigenvalue weighted by molar-refractivity contribution is 0.0914. The summed E-state index contributed by atoms with van der Waals surface area (Å²) in [6, 6.07) is 7.03. The van der Waals surface area contributed by atoms with Crippen LogP contribution in [0.4, 0.5) is 0 Å². The molecule has 0 radical (unpaired) electrons. The smallest absolute Gasteiger partial charge is 0.177 e. The molecule has 3 atom stereocenters. The van der Waals surface area contributed by atoms with Crippen LogP contribution in [-0.4, -0.2) is 37.8 Å². The summed E-state index contributed by atoms with van der Waals surface area (Å²) in [7, 11) is 3.13. The van der Waals surface area contributed by atoms with Crippen LogP contribution >= 0.6 is 0 Å². The molecule has 1 aliphatic carbocycles. The van der Waals surface area contributed by atoms with E-state index in [-0.39, 0.29) is 23.6 Å². The molecular formula is C24H24O6. The standard InChI is InChI=1S/C24H24O6/c1-12(2)18-7-15-17(30-18)6-5-14(22(15)25)23(26)24-10-13(24)11-29-19-9-21(28-4)20(27-3)8-16(19)24/h5-6,8-9,13,18,25H,1,7,10-11H2,2-4H3/t13-,18-,24+/m1/s1. The second-order valence-corrected chi connectivity index (χ2v) is 8.31. The van der Waals surface area contributed by atoms with Gasteiger partial charge in [-0.15, -0.1) is 0 Å². The lowest BCUT2D eigenvalue weighted by Gasteiger charge is -2.27. The van der Waals surface area contributed by atoms with Gasteiger partial charge in [-0.05, 0) is 37.1 Å². The second-order valence-electron chi connectivity index (χ2n) is 8.31. The van der Waals surface area contributed by atoms with E-state index in [0.717, 1.165) is 11.1 Å². The normalized spacial score (nSPS) is 25.2. The number of aromatic hydroxyl groups is 1. The molecule has 2 aliphatic heterocycles. The van der Waals surface area contributed by atoms with Crippen LogP contribution < -0.4 is 18.9 Å². The van der Waals surface area contributed by atoms with Gasteiger partial charge < -0.3 is 24.1 Å². The fourth-order valence-electron chi connectivity index (χ4n) is 4.78. The topological polar surface area (TPSA) is 74.2 Å². The number of phenols is 1. The third-order valence-electron chi connectivity index (χ3n) is 6.61. The average Bonchev–Trinajstić information content (AvgIpc) is 3.34. The first kappa shape index (κ1) is 18.9. The number of carbonyl (C=O) groups is 1. The van der Waals surface area contributed by atoms with Gasteiger partial charge in [-0.3, -0.25) is 4.79 Å². The molecule has 2 aromatic rings. The van der Waals surface area contributed by atoms with Crippen LogP contribution in [0.3, 0.4) is 0 Å². The first-order valence-electron chi connectivity index (χ1n) is 10.0. The number of rotatable bonds is 5. The molecule has 3 aliphatic rings. The fourth-order valence-corrected chi connectivity index (χ4v) is 4.78. The average molecular weight is 408 g/mol. The Bertz CT molecular complexity index is 1090. The molecule has 1 N–H and O–H groups in total. The summed E-state index contributed by atoms with van der Waals surface area (Å²) in [4.78, 5) is 13.8. The molecule has 1 fully saturated rings. The molecule has 0 unspecified atom stereocenters. The highest BCUT2D eigenvalue weighted by Gasteiger charge is 2.64. The SMILES string of the molecule is C=C(C)[C@H]1Cc2c(ccc(C(=O)[C@@]34C[C@@H]3COc3cc(OC)c(OC)cc34)c2O)O1. The van der Waals surface area contributed by atoms with Crippen molar-refractivity contribution in [1.82, 2.24) is 0 Å². The first-order chi connectivity index (χ1) is 14.4. The maximum absolute atomic E-state index is 13.8. The highest BCUT2D eigenvalue weighted by Crippen LogP contribution is 2.63. The van der Waals surface area contributed by atoms with E-state index in [2.05, 4.69) is 6.58 Å². The number of benzene rings is 2. The van der Waals surface area contributed by atoms with E-state index in [9.17, 15) is 9.90 Å². The van der Waals surface area contributed by atoms with Crippen molar-refractivity contribution in [2.24, 2.45) is 5.92 Å². The maximum atomic E-state index is 13.8. The van der Waals surface area contributed by atoms with Crippen LogP contribution in [0.15, 0.2) is 36.4 Å². The van der Waals surface area contributed by atoms with Gasteiger partial charge in [0.1, 0.15) is 23.4 Å². The highest BCUT2D eigenvalue weighted by molar-refractivity contribution is 6.09. The molecule has 2 aromatic carbocycles. The minimum Gasteiger partial charge on any atom is -0.507 e. The lowest BCUT2D eigenvalue weighted by atomic mass is 9.82. The summed E-state index contributed by atoms with van der Waals surface area (Å²) in [5.74, 6) is 2.33. The Morgan fingerprint density at radius 3 is 2.63 bits per heavy atom. The van der Waals surface area contributed by atoms with Gasteiger partial charge in [0.05, 0.1) is 31.8 Å². The molecular weight excluding hydrogens is 384 g/mol. The number of Topliss-reactive ketones (excluding diaryl/α,β-unsaturated/α-hetero) is 1. The summed E-state index contributed by atoms with van der Waals surface area (Å²) in [5, 5.41) is 11.0.